The van der Waals surface area contributed by atoms with E-state index in [2.05, 4.69) is 10.6 Å². The Bertz CT molecular complexity index is 1010. The Morgan fingerprint density at radius 3 is 2.55 bits per heavy atom. The maximum absolute atomic E-state index is 12.5. The third-order valence-electron chi connectivity index (χ3n) is 4.81. The summed E-state index contributed by atoms with van der Waals surface area (Å²) < 4.78 is 11.6. The lowest BCUT2D eigenvalue weighted by Gasteiger charge is -2.18. The van der Waals surface area contributed by atoms with Gasteiger partial charge in [-0.15, -0.1) is 0 Å². The number of fused-ring (bicyclic) bond motifs is 1. The molecule has 164 valence electrons. The molecule has 0 aromatic heterocycles. The van der Waals surface area contributed by atoms with Gasteiger partial charge in [-0.05, 0) is 50.3 Å². The summed E-state index contributed by atoms with van der Waals surface area (Å²) in [6.45, 7) is 10.0. The van der Waals surface area contributed by atoms with Crippen LogP contribution in [-0.4, -0.2) is 24.5 Å². The van der Waals surface area contributed by atoms with Gasteiger partial charge >= 0.3 is 0 Å². The van der Waals surface area contributed by atoms with Crippen molar-refractivity contribution in [1.82, 2.24) is 0 Å². The van der Waals surface area contributed by atoms with Crippen LogP contribution in [0.5, 0.6) is 11.5 Å². The summed E-state index contributed by atoms with van der Waals surface area (Å²) in [5, 5.41) is 5.69. The van der Waals surface area contributed by atoms with Gasteiger partial charge in [-0.25, -0.2) is 0 Å². The fourth-order valence-corrected chi connectivity index (χ4v) is 3.21. The molecular weight excluding hydrogens is 392 g/mol. The number of benzene rings is 2. The molecule has 1 atom stereocenters. The molecule has 6 nitrogen and oxygen atoms in total. The highest BCUT2D eigenvalue weighted by atomic mass is 16.5. The number of carbonyl (C=O) groups is 2. The molecule has 6 heteroatoms. The lowest BCUT2D eigenvalue weighted by molar-refractivity contribution is -0.123. The molecule has 0 saturated carbocycles. The molecule has 1 unspecified atom stereocenters. The van der Waals surface area contributed by atoms with E-state index in [1.807, 2.05) is 46.8 Å². The van der Waals surface area contributed by atoms with Crippen molar-refractivity contribution in [3.63, 3.8) is 0 Å². The van der Waals surface area contributed by atoms with Gasteiger partial charge in [0, 0.05) is 40.4 Å². The van der Waals surface area contributed by atoms with E-state index in [0.29, 0.717) is 18.0 Å². The summed E-state index contributed by atoms with van der Waals surface area (Å²) >= 11 is 0. The number of amides is 2. The number of hydrogen-bond donors (Lipinski definition) is 2. The predicted molar refractivity (Wildman–Crippen MR) is 124 cm³/mol. The molecule has 2 N–H and O–H groups in total. The molecule has 0 fully saturated rings. The molecule has 1 aliphatic rings. The van der Waals surface area contributed by atoms with Crippen molar-refractivity contribution in [2.45, 2.75) is 47.1 Å². The lowest BCUT2D eigenvalue weighted by atomic mass is 9.95. The van der Waals surface area contributed by atoms with Gasteiger partial charge in [0.1, 0.15) is 17.6 Å². The Morgan fingerprint density at radius 1 is 1.16 bits per heavy atom. The van der Waals surface area contributed by atoms with E-state index in [-0.39, 0.29) is 17.9 Å². The van der Waals surface area contributed by atoms with Gasteiger partial charge in [-0.1, -0.05) is 26.8 Å². The highest BCUT2D eigenvalue weighted by Gasteiger charge is 2.22. The van der Waals surface area contributed by atoms with Crippen LogP contribution < -0.4 is 20.1 Å². The highest BCUT2D eigenvalue weighted by Crippen LogP contribution is 2.35. The summed E-state index contributed by atoms with van der Waals surface area (Å²) in [6, 6.07) is 11.0. The van der Waals surface area contributed by atoms with Crippen molar-refractivity contribution < 1.29 is 19.1 Å². The monoisotopic (exact) mass is 422 g/mol. The Labute approximate surface area is 183 Å². The van der Waals surface area contributed by atoms with E-state index in [9.17, 15) is 9.59 Å². The molecule has 3 rings (SSSR count). The fourth-order valence-electron chi connectivity index (χ4n) is 3.21. The second-order valence-corrected chi connectivity index (χ2v) is 8.67. The number of anilines is 2. The first-order valence-corrected chi connectivity index (χ1v) is 10.5. The molecule has 1 aliphatic heterocycles. The number of ether oxygens (including phenoxy) is 2. The van der Waals surface area contributed by atoms with Gasteiger partial charge in [-0.2, -0.15) is 0 Å². The summed E-state index contributed by atoms with van der Waals surface area (Å²) in [5.74, 6) is 1.19. The zero-order valence-electron chi connectivity index (χ0n) is 18.7. The quantitative estimate of drug-likeness (QED) is 0.639. The minimum absolute atomic E-state index is 0.0903. The third kappa shape index (κ3) is 5.87. The summed E-state index contributed by atoms with van der Waals surface area (Å²) in [6.07, 6.45) is 4.17. The third-order valence-corrected chi connectivity index (χ3v) is 4.81. The summed E-state index contributed by atoms with van der Waals surface area (Å²) in [4.78, 5) is 24.7. The molecule has 0 radical (unpaired) electrons. The molecule has 0 spiro atoms. The molecule has 31 heavy (non-hydrogen) atoms. The first kappa shape index (κ1) is 22.4. The van der Waals surface area contributed by atoms with E-state index in [0.717, 1.165) is 29.0 Å². The molecule has 2 amide bonds. The largest absolute Gasteiger partial charge is 0.493 e. The summed E-state index contributed by atoms with van der Waals surface area (Å²) in [5.41, 5.74) is 2.63. The summed E-state index contributed by atoms with van der Waals surface area (Å²) in [7, 11) is 0. The Kier molecular flexibility index (Phi) is 6.68. The predicted octanol–water partition coefficient (Wildman–Crippen LogP) is 5.05. The van der Waals surface area contributed by atoms with Crippen molar-refractivity contribution >= 4 is 29.3 Å². The average Bonchev–Trinajstić information content (AvgIpc) is 3.04. The second-order valence-electron chi connectivity index (χ2n) is 8.67. The van der Waals surface area contributed by atoms with Gasteiger partial charge in [0.2, 0.25) is 11.8 Å². The topological polar surface area (TPSA) is 76.7 Å². The normalized spacial score (nSPS) is 15.3. The van der Waals surface area contributed by atoms with Gasteiger partial charge in [-0.3, -0.25) is 9.59 Å². The molecule has 1 heterocycles. The smallest absolute Gasteiger partial charge is 0.248 e. The van der Waals surface area contributed by atoms with E-state index < -0.39 is 5.41 Å². The Morgan fingerprint density at radius 2 is 1.87 bits per heavy atom. The van der Waals surface area contributed by atoms with Crippen LogP contribution in [-0.2, 0) is 16.0 Å². The van der Waals surface area contributed by atoms with Gasteiger partial charge in [0.25, 0.3) is 0 Å². The molecule has 2 aromatic carbocycles. The molecule has 0 aliphatic carbocycles. The van der Waals surface area contributed by atoms with Gasteiger partial charge in [0.05, 0.1) is 6.61 Å². The number of hydrogen-bond acceptors (Lipinski definition) is 4. The van der Waals surface area contributed by atoms with Gasteiger partial charge in [0.15, 0.2) is 0 Å². The van der Waals surface area contributed by atoms with Crippen molar-refractivity contribution in [3.05, 3.63) is 53.6 Å². The lowest BCUT2D eigenvalue weighted by Crippen LogP contribution is -2.27. The SMILES string of the molecule is CCOc1cc2c(cc1/C=C/C(=O)Nc1cccc(NC(=O)C(C)(C)C)c1)OC(C)C2. The van der Waals surface area contributed by atoms with Crippen molar-refractivity contribution in [3.8, 4) is 11.5 Å². The van der Waals surface area contributed by atoms with E-state index >= 15 is 0 Å². The van der Waals surface area contributed by atoms with E-state index in [4.69, 9.17) is 9.47 Å². The number of rotatable bonds is 6. The van der Waals surface area contributed by atoms with Crippen LogP contribution in [0.3, 0.4) is 0 Å². The van der Waals surface area contributed by atoms with Crippen LogP contribution in [0.1, 0.15) is 45.7 Å². The number of nitrogens with one attached hydrogen (secondary N) is 2. The molecule has 0 saturated heterocycles. The standard InChI is InChI=1S/C25H30N2O4/c1-6-30-21-14-18-12-16(2)31-22(18)13-17(21)10-11-23(28)26-19-8-7-9-20(15-19)27-24(29)25(3,4)5/h7-11,13-16H,6,12H2,1-5H3,(H,26,28)(H,27,29)/b11-10+. The van der Waals surface area contributed by atoms with Gasteiger partial charge < -0.3 is 20.1 Å². The Hall–Kier alpha value is -3.28. The Balaban J connectivity index is 1.71. The van der Waals surface area contributed by atoms with E-state index in [1.54, 1.807) is 30.3 Å². The maximum atomic E-state index is 12.5. The van der Waals surface area contributed by atoms with Crippen molar-refractivity contribution in [1.29, 1.82) is 0 Å². The van der Waals surface area contributed by atoms with Crippen molar-refractivity contribution in [2.75, 3.05) is 17.2 Å². The van der Waals surface area contributed by atoms with Crippen LogP contribution in [0.25, 0.3) is 6.08 Å². The first-order valence-electron chi connectivity index (χ1n) is 10.5. The average molecular weight is 423 g/mol. The maximum Gasteiger partial charge on any atom is 0.248 e. The minimum atomic E-state index is -0.502. The van der Waals surface area contributed by atoms with Crippen LogP contribution in [0.2, 0.25) is 0 Å². The van der Waals surface area contributed by atoms with E-state index in [1.165, 1.54) is 6.08 Å². The van der Waals surface area contributed by atoms with Crippen molar-refractivity contribution in [2.24, 2.45) is 5.41 Å². The highest BCUT2D eigenvalue weighted by molar-refractivity contribution is 6.03. The van der Waals surface area contributed by atoms with Crippen LogP contribution >= 0.6 is 0 Å². The van der Waals surface area contributed by atoms with Crippen LogP contribution in [0.15, 0.2) is 42.5 Å². The molecule has 0 bridgehead atoms. The molecular formula is C25H30N2O4. The fraction of sp³-hybridized carbons (Fsp3) is 0.360. The van der Waals surface area contributed by atoms with Crippen LogP contribution in [0.4, 0.5) is 11.4 Å². The first-order chi connectivity index (χ1) is 14.7. The second kappa shape index (κ2) is 9.25. The zero-order chi connectivity index (χ0) is 22.6. The zero-order valence-corrected chi connectivity index (χ0v) is 18.7. The number of carbonyl (C=O) groups excluding carboxylic acids is 2. The van der Waals surface area contributed by atoms with Crippen LogP contribution in [0, 0.1) is 5.41 Å². The minimum Gasteiger partial charge on any atom is -0.493 e. The molecule has 2 aromatic rings.